The summed E-state index contributed by atoms with van der Waals surface area (Å²) in [5, 5.41) is 11.1. The van der Waals surface area contributed by atoms with E-state index in [0.717, 1.165) is 31.1 Å². The van der Waals surface area contributed by atoms with Gasteiger partial charge >= 0.3 is 0 Å². The third kappa shape index (κ3) is 4.40. The molecule has 168 valence electrons. The number of halogens is 1. The van der Waals surface area contributed by atoms with E-state index in [0.29, 0.717) is 49.9 Å². The third-order valence-corrected chi connectivity index (χ3v) is 6.25. The number of aromatic amines is 1. The lowest BCUT2D eigenvalue weighted by Gasteiger charge is -2.32. The molecule has 2 N–H and O–H groups in total. The number of aromatic nitrogens is 5. The number of carbonyl (C=O) groups excluding carboxylic acids is 1. The maximum absolute atomic E-state index is 14.5. The average Bonchev–Trinajstić information content (AvgIpc) is 3.26. The van der Waals surface area contributed by atoms with Crippen molar-refractivity contribution in [3.8, 4) is 11.5 Å². The van der Waals surface area contributed by atoms with Crippen molar-refractivity contribution in [2.45, 2.75) is 38.1 Å². The number of hydrogen-bond acceptors (Lipinski definition) is 7. The predicted octanol–water partition coefficient (Wildman–Crippen LogP) is 2.77. The fraction of sp³-hybridized carbons (Fsp3) is 0.500. The second kappa shape index (κ2) is 9.15. The van der Waals surface area contributed by atoms with Crippen LogP contribution in [0.15, 0.2) is 24.5 Å². The van der Waals surface area contributed by atoms with Gasteiger partial charge in [0.2, 0.25) is 5.91 Å². The molecule has 32 heavy (non-hydrogen) atoms. The molecule has 0 spiro atoms. The summed E-state index contributed by atoms with van der Waals surface area (Å²) in [6.45, 7) is 2.55. The summed E-state index contributed by atoms with van der Waals surface area (Å²) in [4.78, 5) is 27.3. The number of pyridine rings is 1. The van der Waals surface area contributed by atoms with Gasteiger partial charge in [-0.1, -0.05) is 6.42 Å². The molecule has 0 unspecified atom stereocenters. The van der Waals surface area contributed by atoms with E-state index in [1.165, 1.54) is 6.20 Å². The van der Waals surface area contributed by atoms with Gasteiger partial charge in [-0.3, -0.25) is 9.89 Å². The molecule has 0 radical (unpaired) electrons. The molecule has 5 rings (SSSR count). The van der Waals surface area contributed by atoms with Crippen LogP contribution >= 0.6 is 0 Å². The summed E-state index contributed by atoms with van der Waals surface area (Å²) >= 11 is 0. The Morgan fingerprint density at radius 3 is 3.03 bits per heavy atom. The third-order valence-electron chi connectivity index (χ3n) is 6.25. The highest BCUT2D eigenvalue weighted by molar-refractivity contribution is 5.88. The highest BCUT2D eigenvalue weighted by Gasteiger charge is 2.27. The molecule has 1 aliphatic heterocycles. The highest BCUT2D eigenvalue weighted by Crippen LogP contribution is 2.30. The van der Waals surface area contributed by atoms with Crippen LogP contribution in [-0.4, -0.2) is 68.3 Å². The molecule has 2 fully saturated rings. The molecule has 2 aliphatic rings. The molecule has 1 aliphatic carbocycles. The number of anilines is 1. The minimum atomic E-state index is -0.498. The molecular formula is C22H26FN7O2. The zero-order valence-electron chi connectivity index (χ0n) is 17.8. The molecule has 3 aromatic heterocycles. The molecule has 1 saturated heterocycles. The van der Waals surface area contributed by atoms with Gasteiger partial charge in [0, 0.05) is 37.1 Å². The summed E-state index contributed by atoms with van der Waals surface area (Å²) in [6, 6.07) is 3.74. The van der Waals surface area contributed by atoms with Crippen molar-refractivity contribution < 1.29 is 13.9 Å². The summed E-state index contributed by atoms with van der Waals surface area (Å²) in [7, 11) is 0. The number of nitrogens with one attached hydrogen (secondary N) is 2. The topological polar surface area (TPSA) is 109 Å². The first-order valence-electron chi connectivity index (χ1n) is 11.1. The van der Waals surface area contributed by atoms with Gasteiger partial charge < -0.3 is 15.0 Å². The first-order chi connectivity index (χ1) is 15.7. The van der Waals surface area contributed by atoms with Crippen LogP contribution in [0.4, 0.5) is 10.2 Å². The van der Waals surface area contributed by atoms with Crippen molar-refractivity contribution in [1.82, 2.24) is 30.0 Å². The minimum Gasteiger partial charge on any atom is -0.378 e. The van der Waals surface area contributed by atoms with Gasteiger partial charge in [-0.25, -0.2) is 19.3 Å². The van der Waals surface area contributed by atoms with Crippen LogP contribution in [-0.2, 0) is 9.53 Å². The van der Waals surface area contributed by atoms with Gasteiger partial charge in [0.1, 0.15) is 5.69 Å². The molecule has 1 saturated carbocycles. The monoisotopic (exact) mass is 439 g/mol. The number of hydrogen-bond donors (Lipinski definition) is 2. The smallest absolute Gasteiger partial charge is 0.223 e. The van der Waals surface area contributed by atoms with Gasteiger partial charge in [-0.15, -0.1) is 0 Å². The van der Waals surface area contributed by atoms with E-state index in [9.17, 15) is 9.18 Å². The van der Waals surface area contributed by atoms with Crippen molar-refractivity contribution in [1.29, 1.82) is 0 Å². The lowest BCUT2D eigenvalue weighted by atomic mass is 9.83. The Morgan fingerprint density at radius 2 is 2.16 bits per heavy atom. The van der Waals surface area contributed by atoms with Gasteiger partial charge in [0.05, 0.1) is 19.4 Å². The van der Waals surface area contributed by atoms with Crippen LogP contribution in [0.5, 0.6) is 0 Å². The van der Waals surface area contributed by atoms with Gasteiger partial charge in [-0.05, 0) is 37.3 Å². The van der Waals surface area contributed by atoms with Gasteiger partial charge in [-0.2, -0.15) is 5.10 Å². The summed E-state index contributed by atoms with van der Waals surface area (Å²) < 4.78 is 19.9. The second-order valence-corrected chi connectivity index (χ2v) is 8.43. The maximum Gasteiger partial charge on any atom is 0.223 e. The largest absolute Gasteiger partial charge is 0.378 e. The van der Waals surface area contributed by atoms with Crippen molar-refractivity contribution in [3.05, 3.63) is 30.3 Å². The van der Waals surface area contributed by atoms with E-state index >= 15 is 0 Å². The normalized spacial score (nSPS) is 21.6. The fourth-order valence-electron chi connectivity index (χ4n) is 4.60. The molecular weight excluding hydrogens is 413 g/mol. The van der Waals surface area contributed by atoms with Crippen molar-refractivity contribution in [3.63, 3.8) is 0 Å². The Labute approximate surface area is 184 Å². The fourth-order valence-corrected chi connectivity index (χ4v) is 4.60. The number of nitrogens with zero attached hydrogens (tertiary/aromatic N) is 5. The number of H-pyrrole nitrogens is 1. The first kappa shape index (κ1) is 20.7. The van der Waals surface area contributed by atoms with Gasteiger partial charge in [0.15, 0.2) is 23.1 Å². The number of morpholine rings is 1. The molecule has 0 bridgehead atoms. The Morgan fingerprint density at radius 1 is 1.28 bits per heavy atom. The quantitative estimate of drug-likeness (QED) is 0.629. The summed E-state index contributed by atoms with van der Waals surface area (Å²) in [5.41, 5.74) is 1.17. The number of ether oxygens (including phenoxy) is 1. The average molecular weight is 439 g/mol. The number of rotatable bonds is 5. The number of fused-ring (bicyclic) bond motifs is 1. The Balaban J connectivity index is 1.27. The maximum atomic E-state index is 14.5. The van der Waals surface area contributed by atoms with E-state index in [2.05, 4.69) is 30.5 Å². The predicted molar refractivity (Wildman–Crippen MR) is 116 cm³/mol. The lowest BCUT2D eigenvalue weighted by molar-refractivity contribution is -0.136. The Bertz CT molecular complexity index is 1100. The van der Waals surface area contributed by atoms with Crippen molar-refractivity contribution in [2.75, 3.05) is 31.6 Å². The van der Waals surface area contributed by atoms with E-state index in [1.807, 2.05) is 17.0 Å². The van der Waals surface area contributed by atoms with Crippen LogP contribution in [0.25, 0.3) is 22.6 Å². The molecule has 2 atom stereocenters. The van der Waals surface area contributed by atoms with Crippen molar-refractivity contribution >= 4 is 22.8 Å². The van der Waals surface area contributed by atoms with Gasteiger partial charge in [0.25, 0.3) is 0 Å². The summed E-state index contributed by atoms with van der Waals surface area (Å²) in [5.74, 6) is 0.506. The van der Waals surface area contributed by atoms with Crippen LogP contribution in [0.2, 0.25) is 0 Å². The lowest BCUT2D eigenvalue weighted by Crippen LogP contribution is -2.42. The molecule has 10 heteroatoms. The standard InChI is InChI=1S/C22H26FN7O2/c23-17-13-25-22(19-16-5-2-6-24-20(16)29-28-19)27-21(17)26-15-4-1-3-14(11-15)12-18(31)30-7-9-32-10-8-30/h2,5-6,13-15H,1,3-4,7-12H2,(H,24,28,29)(H,25,26,27)/t14-,15+/m1/s1. The molecule has 4 heterocycles. The number of amides is 1. The van der Waals surface area contributed by atoms with Crippen LogP contribution in [0.1, 0.15) is 32.1 Å². The minimum absolute atomic E-state index is 0.0590. The SMILES string of the molecule is O=C(C[C@@H]1CCC[C@H](Nc2nc(-c3[nH]nc4ncccc34)ncc2F)C1)N1CCOCC1. The summed E-state index contributed by atoms with van der Waals surface area (Å²) in [6.07, 6.45) is 7.10. The highest BCUT2D eigenvalue weighted by atomic mass is 19.1. The zero-order chi connectivity index (χ0) is 21.9. The van der Waals surface area contributed by atoms with E-state index < -0.39 is 5.82 Å². The Kier molecular flexibility index (Phi) is 5.93. The molecule has 3 aromatic rings. The Hall–Kier alpha value is -3.14. The molecule has 9 nitrogen and oxygen atoms in total. The van der Waals surface area contributed by atoms with Crippen LogP contribution < -0.4 is 5.32 Å². The second-order valence-electron chi connectivity index (χ2n) is 8.43. The molecule has 0 aromatic carbocycles. The number of carbonyl (C=O) groups is 1. The zero-order valence-corrected chi connectivity index (χ0v) is 17.8. The van der Waals surface area contributed by atoms with E-state index in [-0.39, 0.29) is 23.7 Å². The first-order valence-corrected chi connectivity index (χ1v) is 11.1. The van der Waals surface area contributed by atoms with Crippen LogP contribution in [0, 0.1) is 11.7 Å². The molecule has 1 amide bonds. The van der Waals surface area contributed by atoms with E-state index in [1.54, 1.807) is 6.20 Å². The van der Waals surface area contributed by atoms with E-state index in [4.69, 9.17) is 4.74 Å². The van der Waals surface area contributed by atoms with Crippen molar-refractivity contribution in [2.24, 2.45) is 5.92 Å². The van der Waals surface area contributed by atoms with Crippen LogP contribution in [0.3, 0.4) is 0 Å².